The summed E-state index contributed by atoms with van der Waals surface area (Å²) in [5, 5.41) is 3.03. The normalized spacial score (nSPS) is 12.2. The van der Waals surface area contributed by atoms with Gasteiger partial charge in [-0.05, 0) is 68.8 Å². The fourth-order valence-electron chi connectivity index (χ4n) is 3.71. The minimum Gasteiger partial charge on any atom is -0.352 e. The van der Waals surface area contributed by atoms with E-state index < -0.39 is 40.2 Å². The van der Waals surface area contributed by atoms with Gasteiger partial charge in [-0.2, -0.15) is 0 Å². The SMILES string of the molecule is CC(C)NC(=O)[C@H](C)N(Cc1ccc(Cl)c(Cl)c1)C(=O)CN(c1ccc(F)c(Cl)c1)S(=O)(=O)c1ccccc1. The van der Waals surface area contributed by atoms with E-state index >= 15 is 0 Å². The number of carbonyl (C=O) groups is 2. The van der Waals surface area contributed by atoms with Crippen LogP contribution in [0.3, 0.4) is 0 Å². The van der Waals surface area contributed by atoms with Gasteiger partial charge in [0.2, 0.25) is 11.8 Å². The molecule has 39 heavy (non-hydrogen) atoms. The number of sulfonamides is 1. The predicted molar refractivity (Wildman–Crippen MR) is 152 cm³/mol. The molecule has 0 aliphatic heterocycles. The molecule has 0 radical (unpaired) electrons. The van der Waals surface area contributed by atoms with E-state index in [9.17, 15) is 22.4 Å². The Morgan fingerprint density at radius 2 is 1.56 bits per heavy atom. The maximum absolute atomic E-state index is 13.9. The van der Waals surface area contributed by atoms with Gasteiger partial charge >= 0.3 is 0 Å². The van der Waals surface area contributed by atoms with Crippen molar-refractivity contribution < 1.29 is 22.4 Å². The third-order valence-corrected chi connectivity index (χ3v) is 8.55. The molecule has 0 heterocycles. The van der Waals surface area contributed by atoms with Gasteiger partial charge in [-0.1, -0.05) is 59.1 Å². The molecule has 0 aliphatic rings. The van der Waals surface area contributed by atoms with Crippen LogP contribution in [0.15, 0.2) is 71.6 Å². The predicted octanol–water partition coefficient (Wildman–Crippen LogP) is 5.92. The van der Waals surface area contributed by atoms with Crippen LogP contribution in [0, 0.1) is 5.82 Å². The first-order valence-electron chi connectivity index (χ1n) is 11.9. The lowest BCUT2D eigenvalue weighted by molar-refractivity contribution is -0.139. The van der Waals surface area contributed by atoms with Crippen molar-refractivity contribution in [2.75, 3.05) is 10.8 Å². The smallest absolute Gasteiger partial charge is 0.264 e. The van der Waals surface area contributed by atoms with Crippen LogP contribution in [-0.4, -0.2) is 43.8 Å². The molecule has 3 aromatic rings. The van der Waals surface area contributed by atoms with Crippen LogP contribution in [0.4, 0.5) is 10.1 Å². The highest BCUT2D eigenvalue weighted by Crippen LogP contribution is 2.29. The van der Waals surface area contributed by atoms with Gasteiger partial charge < -0.3 is 10.2 Å². The molecule has 0 fully saturated rings. The van der Waals surface area contributed by atoms with E-state index in [1.807, 2.05) is 0 Å². The molecule has 208 valence electrons. The maximum atomic E-state index is 13.9. The molecular formula is C27H27Cl3FN3O4S. The highest BCUT2D eigenvalue weighted by Gasteiger charge is 2.33. The zero-order valence-corrected chi connectivity index (χ0v) is 24.5. The zero-order chi connectivity index (χ0) is 28.9. The number of amides is 2. The third-order valence-electron chi connectivity index (χ3n) is 5.74. The fraction of sp³-hybridized carbons (Fsp3) is 0.259. The van der Waals surface area contributed by atoms with E-state index in [0.717, 1.165) is 16.4 Å². The molecule has 1 atom stereocenters. The van der Waals surface area contributed by atoms with Gasteiger partial charge in [-0.15, -0.1) is 0 Å². The Morgan fingerprint density at radius 1 is 0.897 bits per heavy atom. The highest BCUT2D eigenvalue weighted by atomic mass is 35.5. The summed E-state index contributed by atoms with van der Waals surface area (Å²) in [5.41, 5.74) is 0.552. The fourth-order valence-corrected chi connectivity index (χ4v) is 5.63. The first kappa shape index (κ1) is 30.7. The number of nitrogens with zero attached hydrogens (tertiary/aromatic N) is 2. The van der Waals surface area contributed by atoms with Crippen molar-refractivity contribution in [1.82, 2.24) is 10.2 Å². The molecule has 7 nitrogen and oxygen atoms in total. The van der Waals surface area contributed by atoms with Gasteiger partial charge in [-0.3, -0.25) is 13.9 Å². The topological polar surface area (TPSA) is 86.8 Å². The van der Waals surface area contributed by atoms with Crippen LogP contribution in [-0.2, 0) is 26.2 Å². The Morgan fingerprint density at radius 3 is 2.15 bits per heavy atom. The minimum absolute atomic E-state index is 0.0209. The maximum Gasteiger partial charge on any atom is 0.264 e. The third kappa shape index (κ3) is 7.63. The summed E-state index contributed by atoms with van der Waals surface area (Å²) < 4.78 is 42.1. The molecule has 0 bridgehead atoms. The van der Waals surface area contributed by atoms with Crippen molar-refractivity contribution >= 4 is 62.3 Å². The van der Waals surface area contributed by atoms with Gasteiger partial charge in [-0.25, -0.2) is 12.8 Å². The lowest BCUT2D eigenvalue weighted by Gasteiger charge is -2.32. The highest BCUT2D eigenvalue weighted by molar-refractivity contribution is 7.92. The number of hydrogen-bond acceptors (Lipinski definition) is 4. The first-order valence-corrected chi connectivity index (χ1v) is 14.4. The van der Waals surface area contributed by atoms with Crippen LogP contribution in [0.1, 0.15) is 26.3 Å². The van der Waals surface area contributed by atoms with Crippen LogP contribution >= 0.6 is 34.8 Å². The molecule has 0 unspecified atom stereocenters. The molecule has 0 aliphatic carbocycles. The van der Waals surface area contributed by atoms with E-state index in [1.165, 1.54) is 30.0 Å². The number of benzene rings is 3. The monoisotopic (exact) mass is 613 g/mol. The van der Waals surface area contributed by atoms with Crippen molar-refractivity contribution in [2.45, 2.75) is 44.3 Å². The standard InChI is InChI=1S/C27H27Cl3FN3O4S/c1-17(2)32-27(36)18(3)33(15-19-9-11-22(28)23(29)13-19)26(35)16-34(20-10-12-25(31)24(30)14-20)39(37,38)21-7-5-4-6-8-21/h4-14,17-18H,15-16H2,1-3H3,(H,32,36)/t18-/m0/s1. The van der Waals surface area contributed by atoms with Crippen molar-refractivity contribution in [3.63, 3.8) is 0 Å². The second-order valence-corrected chi connectivity index (χ2v) is 12.1. The van der Waals surface area contributed by atoms with Crippen LogP contribution < -0.4 is 9.62 Å². The van der Waals surface area contributed by atoms with E-state index in [2.05, 4.69) is 5.32 Å². The summed E-state index contributed by atoms with van der Waals surface area (Å²) in [4.78, 5) is 27.9. The number of nitrogens with one attached hydrogen (secondary N) is 1. The molecular weight excluding hydrogens is 588 g/mol. The number of hydrogen-bond donors (Lipinski definition) is 1. The average Bonchev–Trinajstić information content (AvgIpc) is 2.89. The van der Waals surface area contributed by atoms with Crippen molar-refractivity contribution in [3.8, 4) is 0 Å². The Labute approximate surface area is 242 Å². The number of carbonyl (C=O) groups excluding carboxylic acids is 2. The largest absolute Gasteiger partial charge is 0.352 e. The summed E-state index contributed by atoms with van der Waals surface area (Å²) >= 11 is 18.2. The number of halogens is 4. The van der Waals surface area contributed by atoms with E-state index in [4.69, 9.17) is 34.8 Å². The van der Waals surface area contributed by atoms with Crippen LogP contribution in [0.25, 0.3) is 0 Å². The van der Waals surface area contributed by atoms with Crippen molar-refractivity contribution in [3.05, 3.63) is 93.2 Å². The van der Waals surface area contributed by atoms with E-state index in [0.29, 0.717) is 10.6 Å². The van der Waals surface area contributed by atoms with Gasteiger partial charge in [0.25, 0.3) is 10.0 Å². The van der Waals surface area contributed by atoms with Crippen LogP contribution in [0.5, 0.6) is 0 Å². The molecule has 0 saturated carbocycles. The molecule has 3 aromatic carbocycles. The molecule has 12 heteroatoms. The Bertz CT molecular complexity index is 1460. The number of rotatable bonds is 10. The summed E-state index contributed by atoms with van der Waals surface area (Å²) in [5.74, 6) is -1.86. The molecule has 0 spiro atoms. The molecule has 2 amide bonds. The second kappa shape index (κ2) is 13.0. The molecule has 1 N–H and O–H groups in total. The first-order chi connectivity index (χ1) is 18.3. The lowest BCUT2D eigenvalue weighted by Crippen LogP contribution is -2.52. The Balaban J connectivity index is 2.06. The van der Waals surface area contributed by atoms with Gasteiger partial charge in [0.05, 0.1) is 25.7 Å². The molecule has 0 saturated heterocycles. The van der Waals surface area contributed by atoms with Gasteiger partial charge in [0.1, 0.15) is 18.4 Å². The number of anilines is 1. The summed E-state index contributed by atoms with van der Waals surface area (Å²) in [6.45, 7) is 4.34. The van der Waals surface area contributed by atoms with E-state index in [-0.39, 0.29) is 33.2 Å². The molecule has 0 aromatic heterocycles. The van der Waals surface area contributed by atoms with Gasteiger partial charge in [0.15, 0.2) is 0 Å². The molecule has 3 rings (SSSR count). The average molecular weight is 615 g/mol. The second-order valence-electron chi connectivity index (χ2n) is 9.03. The minimum atomic E-state index is -4.30. The Hall–Kier alpha value is -2.85. The van der Waals surface area contributed by atoms with Gasteiger partial charge in [0, 0.05) is 12.6 Å². The van der Waals surface area contributed by atoms with Crippen LogP contribution in [0.2, 0.25) is 15.1 Å². The quantitative estimate of drug-likeness (QED) is 0.307. The lowest BCUT2D eigenvalue weighted by atomic mass is 10.1. The summed E-state index contributed by atoms with van der Waals surface area (Å²) in [6.07, 6.45) is 0. The Kier molecular flexibility index (Phi) is 10.2. The summed E-state index contributed by atoms with van der Waals surface area (Å²) in [6, 6.07) is 14.5. The van der Waals surface area contributed by atoms with Crippen molar-refractivity contribution in [1.29, 1.82) is 0 Å². The summed E-state index contributed by atoms with van der Waals surface area (Å²) in [7, 11) is -4.30. The zero-order valence-electron chi connectivity index (χ0n) is 21.4. The van der Waals surface area contributed by atoms with E-state index in [1.54, 1.807) is 50.2 Å². The van der Waals surface area contributed by atoms with Crippen molar-refractivity contribution in [2.24, 2.45) is 0 Å².